The number of hydrogen-bond acceptors (Lipinski definition) is 5. The molecule has 1 aliphatic rings. The Morgan fingerprint density at radius 2 is 2.00 bits per heavy atom. The molecule has 1 aromatic carbocycles. The van der Waals surface area contributed by atoms with Gasteiger partial charge in [0.25, 0.3) is 0 Å². The predicted molar refractivity (Wildman–Crippen MR) is 115 cm³/mol. The largest absolute Gasteiger partial charge is 0.465 e. The van der Waals surface area contributed by atoms with Gasteiger partial charge in [-0.05, 0) is 32.9 Å². The number of fused-ring (bicyclic) bond motifs is 1. The number of amides is 1. The van der Waals surface area contributed by atoms with Crippen molar-refractivity contribution in [2.75, 3.05) is 31.2 Å². The molecule has 1 N–H and O–H groups in total. The molecule has 0 saturated carbocycles. The number of hydrogen-bond donors (Lipinski definition) is 1. The van der Waals surface area contributed by atoms with Crippen molar-refractivity contribution in [3.05, 3.63) is 48.0 Å². The van der Waals surface area contributed by atoms with Crippen LogP contribution in [0.2, 0.25) is 0 Å². The fourth-order valence-corrected chi connectivity index (χ4v) is 3.66. The maximum Gasteiger partial charge on any atom is 0.408 e. The lowest BCUT2D eigenvalue weighted by Gasteiger charge is -2.33. The maximum atomic E-state index is 15.0. The zero-order chi connectivity index (χ0) is 22.2. The molecule has 3 heterocycles. The molecule has 9 heteroatoms. The van der Waals surface area contributed by atoms with E-state index in [0.717, 1.165) is 24.4 Å². The lowest BCUT2D eigenvalue weighted by molar-refractivity contribution is 0.0948. The molecule has 2 aromatic heterocycles. The Hall–Kier alpha value is -3.20. The van der Waals surface area contributed by atoms with Gasteiger partial charge in [-0.1, -0.05) is 12.1 Å². The highest BCUT2D eigenvalue weighted by atomic mass is 19.1. The molecule has 1 fully saturated rings. The summed E-state index contributed by atoms with van der Waals surface area (Å²) in [5.74, 6) is 0.285. The smallest absolute Gasteiger partial charge is 0.408 e. The molecule has 1 saturated heterocycles. The number of morpholine rings is 1. The zero-order valence-corrected chi connectivity index (χ0v) is 17.9. The van der Waals surface area contributed by atoms with E-state index in [1.165, 1.54) is 11.0 Å². The number of aromatic nitrogens is 3. The van der Waals surface area contributed by atoms with E-state index >= 15 is 4.39 Å². The summed E-state index contributed by atoms with van der Waals surface area (Å²) < 4.78 is 22.2. The Morgan fingerprint density at radius 1 is 1.26 bits per heavy atom. The Balaban J connectivity index is 1.71. The first-order valence-electron chi connectivity index (χ1n) is 10.2. The average Bonchev–Trinajstić information content (AvgIpc) is 3.20. The number of benzene rings is 1. The number of carbonyl (C=O) groups is 1. The quantitative estimate of drug-likeness (QED) is 0.684. The minimum Gasteiger partial charge on any atom is -0.465 e. The van der Waals surface area contributed by atoms with Crippen molar-refractivity contribution in [1.29, 1.82) is 0 Å². The van der Waals surface area contributed by atoms with Gasteiger partial charge in [-0.2, -0.15) is 5.10 Å². The number of anilines is 1. The summed E-state index contributed by atoms with van der Waals surface area (Å²) in [7, 11) is 0. The number of ether oxygens (including phenoxy) is 1. The van der Waals surface area contributed by atoms with Crippen LogP contribution in [0.3, 0.4) is 0 Å². The Morgan fingerprint density at radius 3 is 2.65 bits per heavy atom. The van der Waals surface area contributed by atoms with Crippen LogP contribution >= 0.6 is 0 Å². The van der Waals surface area contributed by atoms with Crippen LogP contribution in [-0.4, -0.2) is 62.5 Å². The summed E-state index contributed by atoms with van der Waals surface area (Å²) in [6, 6.07) is 6.65. The summed E-state index contributed by atoms with van der Waals surface area (Å²) >= 11 is 0. The van der Waals surface area contributed by atoms with Crippen molar-refractivity contribution in [3.8, 4) is 11.3 Å². The van der Waals surface area contributed by atoms with E-state index in [1.54, 1.807) is 43.6 Å². The minimum atomic E-state index is -1.09. The van der Waals surface area contributed by atoms with Gasteiger partial charge in [0.05, 0.1) is 43.4 Å². The molecular formula is C22H26FN5O3. The molecule has 0 atom stereocenters. The van der Waals surface area contributed by atoms with E-state index in [2.05, 4.69) is 10.00 Å². The second kappa shape index (κ2) is 8.14. The minimum absolute atomic E-state index is 0.0334. The van der Waals surface area contributed by atoms with Crippen LogP contribution in [0.15, 0.2) is 36.7 Å². The van der Waals surface area contributed by atoms with Crippen LogP contribution in [0.1, 0.15) is 26.3 Å². The number of carboxylic acid groups (broad SMARTS) is 1. The van der Waals surface area contributed by atoms with Crippen LogP contribution in [0, 0.1) is 5.82 Å². The zero-order valence-electron chi connectivity index (χ0n) is 17.9. The van der Waals surface area contributed by atoms with Crippen LogP contribution in [-0.2, 0) is 11.3 Å². The number of halogens is 1. The topological polar surface area (TPSA) is 83.2 Å². The standard InChI is InChI=1S/C22H26FN5O3/c1-22(2,3)27(21(29)30)13-16-5-4-15(12-17(16)23)20-18-6-7-24-28(18)14-19(25-20)26-8-10-31-11-9-26/h4-7,12,14H,8-11,13H2,1-3H3,(H,29,30). The van der Waals surface area contributed by atoms with E-state index in [0.29, 0.717) is 30.0 Å². The molecular weight excluding hydrogens is 401 g/mol. The van der Waals surface area contributed by atoms with Gasteiger partial charge in [0, 0.05) is 29.8 Å². The van der Waals surface area contributed by atoms with Crippen LogP contribution in [0.25, 0.3) is 16.8 Å². The Labute approximate surface area is 179 Å². The molecule has 1 aliphatic heterocycles. The first-order valence-corrected chi connectivity index (χ1v) is 10.2. The first-order chi connectivity index (χ1) is 14.7. The van der Waals surface area contributed by atoms with E-state index in [9.17, 15) is 9.90 Å². The highest BCUT2D eigenvalue weighted by molar-refractivity contribution is 5.78. The summed E-state index contributed by atoms with van der Waals surface area (Å²) in [5, 5.41) is 13.9. The fraction of sp³-hybridized carbons (Fsp3) is 0.409. The van der Waals surface area contributed by atoms with Crippen molar-refractivity contribution in [2.45, 2.75) is 32.9 Å². The molecule has 1 amide bonds. The van der Waals surface area contributed by atoms with Gasteiger partial charge in [0.2, 0.25) is 0 Å². The molecule has 3 aromatic rings. The van der Waals surface area contributed by atoms with Crippen molar-refractivity contribution < 1.29 is 19.0 Å². The molecule has 0 bridgehead atoms. The van der Waals surface area contributed by atoms with Crippen LogP contribution in [0.4, 0.5) is 15.0 Å². The molecule has 0 unspecified atom stereocenters. The second-order valence-corrected chi connectivity index (χ2v) is 8.55. The van der Waals surface area contributed by atoms with Crippen molar-refractivity contribution in [1.82, 2.24) is 19.5 Å². The van der Waals surface area contributed by atoms with Gasteiger partial charge in [-0.3, -0.25) is 4.90 Å². The third-order valence-electron chi connectivity index (χ3n) is 5.41. The first kappa shape index (κ1) is 21.0. The molecule has 0 aliphatic carbocycles. The van der Waals surface area contributed by atoms with E-state index in [1.807, 2.05) is 12.3 Å². The molecule has 0 spiro atoms. The van der Waals surface area contributed by atoms with Gasteiger partial charge in [-0.25, -0.2) is 18.7 Å². The van der Waals surface area contributed by atoms with Crippen LogP contribution < -0.4 is 4.90 Å². The van der Waals surface area contributed by atoms with Gasteiger partial charge >= 0.3 is 6.09 Å². The molecule has 8 nitrogen and oxygen atoms in total. The predicted octanol–water partition coefficient (Wildman–Crippen LogP) is 3.65. The van der Waals surface area contributed by atoms with E-state index in [-0.39, 0.29) is 6.54 Å². The molecule has 31 heavy (non-hydrogen) atoms. The fourth-order valence-electron chi connectivity index (χ4n) is 3.66. The maximum absolute atomic E-state index is 15.0. The van der Waals surface area contributed by atoms with Gasteiger partial charge in [0.1, 0.15) is 11.6 Å². The van der Waals surface area contributed by atoms with Crippen molar-refractivity contribution >= 4 is 17.4 Å². The second-order valence-electron chi connectivity index (χ2n) is 8.55. The summed E-state index contributed by atoms with van der Waals surface area (Å²) in [5.41, 5.74) is 1.67. The third-order valence-corrected chi connectivity index (χ3v) is 5.41. The monoisotopic (exact) mass is 427 g/mol. The van der Waals surface area contributed by atoms with E-state index in [4.69, 9.17) is 9.72 Å². The molecule has 164 valence electrons. The van der Waals surface area contributed by atoms with Crippen molar-refractivity contribution in [3.63, 3.8) is 0 Å². The Bertz CT molecular complexity index is 1100. The summed E-state index contributed by atoms with van der Waals surface area (Å²) in [6.45, 7) is 8.03. The highest BCUT2D eigenvalue weighted by Gasteiger charge is 2.27. The average molecular weight is 427 g/mol. The molecule has 0 radical (unpaired) electrons. The van der Waals surface area contributed by atoms with Gasteiger partial charge in [0.15, 0.2) is 0 Å². The third kappa shape index (κ3) is 4.32. The number of nitrogens with zero attached hydrogens (tertiary/aromatic N) is 5. The van der Waals surface area contributed by atoms with Crippen LogP contribution in [0.5, 0.6) is 0 Å². The highest BCUT2D eigenvalue weighted by Crippen LogP contribution is 2.28. The normalized spacial score (nSPS) is 14.8. The van der Waals surface area contributed by atoms with Gasteiger partial charge in [-0.15, -0.1) is 0 Å². The number of rotatable bonds is 4. The lowest BCUT2D eigenvalue weighted by atomic mass is 10.0. The molecule has 4 rings (SSSR count). The SMILES string of the molecule is CC(C)(C)N(Cc1ccc(-c2nc(N3CCOCC3)cn3nccc23)cc1F)C(=O)O. The van der Waals surface area contributed by atoms with Crippen molar-refractivity contribution in [2.24, 2.45) is 0 Å². The van der Waals surface area contributed by atoms with Gasteiger partial charge < -0.3 is 14.7 Å². The Kier molecular flexibility index (Phi) is 5.53. The summed E-state index contributed by atoms with van der Waals surface area (Å²) in [4.78, 5) is 19.8. The lowest BCUT2D eigenvalue weighted by Crippen LogP contribution is -2.44. The van der Waals surface area contributed by atoms with E-state index < -0.39 is 17.4 Å². The summed E-state index contributed by atoms with van der Waals surface area (Å²) in [6.07, 6.45) is 2.46.